The molecule has 0 fully saturated rings. The monoisotopic (exact) mass is 324 g/mol. The second-order valence-corrected chi connectivity index (χ2v) is 5.33. The fraction of sp³-hybridized carbons (Fsp3) is 0.0769. The van der Waals surface area contributed by atoms with Gasteiger partial charge in [-0.25, -0.2) is 9.78 Å². The van der Waals surface area contributed by atoms with Gasteiger partial charge in [-0.2, -0.15) is 0 Å². The van der Waals surface area contributed by atoms with Crippen molar-refractivity contribution in [3.8, 4) is 0 Å². The highest BCUT2D eigenvalue weighted by molar-refractivity contribution is 7.98. The number of nitro groups is 1. The van der Waals surface area contributed by atoms with Crippen LogP contribution in [0.4, 0.5) is 5.69 Å². The number of hydrogen-bond donors (Lipinski definition) is 1. The Morgan fingerprint density at radius 3 is 2.67 bits per heavy atom. The summed E-state index contributed by atoms with van der Waals surface area (Å²) in [4.78, 5) is 25.1. The molecule has 0 aliphatic rings. The Morgan fingerprint density at radius 2 is 2.05 bits per heavy atom. The number of benzene rings is 1. The third-order valence-corrected chi connectivity index (χ3v) is 3.98. The molecule has 0 bridgehead atoms. The molecule has 0 amide bonds. The van der Waals surface area contributed by atoms with Crippen molar-refractivity contribution in [3.05, 3.63) is 62.8 Å². The van der Waals surface area contributed by atoms with Crippen LogP contribution in [0.5, 0.6) is 0 Å². The van der Waals surface area contributed by atoms with Gasteiger partial charge in [-0.1, -0.05) is 41.6 Å². The maximum absolute atomic E-state index is 11.0. The average Bonchev–Trinajstić information content (AvgIpc) is 2.46. The number of rotatable bonds is 5. The largest absolute Gasteiger partial charge is 0.477 e. The predicted octanol–water partition coefficient (Wildman–Crippen LogP) is 3.63. The lowest BCUT2D eigenvalue weighted by molar-refractivity contribution is -0.388. The van der Waals surface area contributed by atoms with Crippen molar-refractivity contribution >= 4 is 35.0 Å². The molecule has 0 aliphatic heterocycles. The number of pyridine rings is 1. The fourth-order valence-corrected chi connectivity index (χ4v) is 2.84. The molecule has 1 aromatic carbocycles. The summed E-state index contributed by atoms with van der Waals surface area (Å²) in [5.74, 6) is -0.874. The lowest BCUT2D eigenvalue weighted by atomic mass is 10.2. The van der Waals surface area contributed by atoms with E-state index >= 15 is 0 Å². The molecule has 0 unspecified atom stereocenters. The Kier molecular flexibility index (Phi) is 4.77. The molecule has 21 heavy (non-hydrogen) atoms. The number of aromatic carboxylic acids is 1. The van der Waals surface area contributed by atoms with Crippen LogP contribution in [0.3, 0.4) is 0 Å². The summed E-state index contributed by atoms with van der Waals surface area (Å²) in [5, 5.41) is 20.5. The third kappa shape index (κ3) is 3.71. The second kappa shape index (κ2) is 6.55. The van der Waals surface area contributed by atoms with Crippen molar-refractivity contribution in [1.29, 1.82) is 0 Å². The fourth-order valence-electron chi connectivity index (χ4n) is 1.56. The molecule has 1 N–H and O–H groups in total. The normalized spacial score (nSPS) is 10.3. The van der Waals surface area contributed by atoms with Crippen molar-refractivity contribution < 1.29 is 14.8 Å². The molecular weight excluding hydrogens is 316 g/mol. The minimum Gasteiger partial charge on any atom is -0.477 e. The molecule has 108 valence electrons. The Morgan fingerprint density at radius 1 is 1.33 bits per heavy atom. The quantitative estimate of drug-likeness (QED) is 0.512. The van der Waals surface area contributed by atoms with E-state index in [-0.39, 0.29) is 16.4 Å². The molecule has 0 aliphatic carbocycles. The zero-order chi connectivity index (χ0) is 15.4. The first-order valence-corrected chi connectivity index (χ1v) is 7.10. The number of halogens is 1. The van der Waals surface area contributed by atoms with Crippen LogP contribution in [0.2, 0.25) is 5.02 Å². The Balaban J connectivity index is 2.29. The second-order valence-electron chi connectivity index (χ2n) is 3.96. The lowest BCUT2D eigenvalue weighted by Crippen LogP contribution is -2.03. The summed E-state index contributed by atoms with van der Waals surface area (Å²) < 4.78 is 0. The molecule has 0 saturated heterocycles. The first-order valence-electron chi connectivity index (χ1n) is 5.74. The van der Waals surface area contributed by atoms with E-state index in [1.807, 2.05) is 0 Å². The molecule has 2 rings (SSSR count). The topological polar surface area (TPSA) is 93.3 Å². The van der Waals surface area contributed by atoms with Crippen LogP contribution >= 0.6 is 23.4 Å². The van der Waals surface area contributed by atoms with Gasteiger partial charge in [0.15, 0.2) is 5.03 Å². The van der Waals surface area contributed by atoms with Crippen LogP contribution in [0.1, 0.15) is 16.1 Å². The molecule has 8 heteroatoms. The summed E-state index contributed by atoms with van der Waals surface area (Å²) in [6.07, 6.45) is 0. The highest BCUT2D eigenvalue weighted by Crippen LogP contribution is 2.31. The van der Waals surface area contributed by atoms with E-state index in [1.54, 1.807) is 24.3 Å². The van der Waals surface area contributed by atoms with Crippen LogP contribution in [0.25, 0.3) is 0 Å². The van der Waals surface area contributed by atoms with Crippen LogP contribution < -0.4 is 0 Å². The number of carbonyl (C=O) groups is 1. The van der Waals surface area contributed by atoms with Gasteiger partial charge in [-0.3, -0.25) is 10.1 Å². The Bertz CT molecular complexity index is 708. The molecule has 1 aromatic heterocycles. The summed E-state index contributed by atoms with van der Waals surface area (Å²) in [7, 11) is 0. The molecule has 0 spiro atoms. The van der Waals surface area contributed by atoms with Crippen molar-refractivity contribution in [2.75, 3.05) is 0 Å². The van der Waals surface area contributed by atoms with E-state index in [4.69, 9.17) is 16.7 Å². The number of hydrogen-bond acceptors (Lipinski definition) is 5. The molecule has 0 atom stereocenters. The van der Waals surface area contributed by atoms with Crippen LogP contribution in [0.15, 0.2) is 41.4 Å². The number of nitrogens with zero attached hydrogens (tertiary/aromatic N) is 2. The Hall–Kier alpha value is -2.12. The number of aromatic nitrogens is 1. The molecule has 0 saturated carbocycles. The predicted molar refractivity (Wildman–Crippen MR) is 78.9 cm³/mol. The van der Waals surface area contributed by atoms with Gasteiger partial charge in [0.2, 0.25) is 0 Å². The van der Waals surface area contributed by atoms with E-state index in [0.29, 0.717) is 10.8 Å². The highest BCUT2D eigenvalue weighted by atomic mass is 35.5. The van der Waals surface area contributed by atoms with E-state index in [9.17, 15) is 14.9 Å². The molecular formula is C13H9ClN2O4S. The zero-order valence-electron chi connectivity index (χ0n) is 10.5. The van der Waals surface area contributed by atoms with Gasteiger partial charge in [0, 0.05) is 16.8 Å². The van der Waals surface area contributed by atoms with Gasteiger partial charge < -0.3 is 5.11 Å². The van der Waals surface area contributed by atoms with Gasteiger partial charge >= 0.3 is 11.7 Å². The molecule has 2 aromatic rings. The average molecular weight is 325 g/mol. The van der Waals surface area contributed by atoms with Crippen LogP contribution in [-0.2, 0) is 5.75 Å². The maximum atomic E-state index is 11.0. The summed E-state index contributed by atoms with van der Waals surface area (Å²) >= 11 is 7.09. The van der Waals surface area contributed by atoms with Gasteiger partial charge in [0.1, 0.15) is 5.69 Å². The first-order chi connectivity index (χ1) is 9.99. The maximum Gasteiger partial charge on any atom is 0.354 e. The minimum atomic E-state index is -1.23. The summed E-state index contributed by atoms with van der Waals surface area (Å²) in [5.41, 5.74) is 0.334. The number of thioether (sulfide) groups is 1. The summed E-state index contributed by atoms with van der Waals surface area (Å²) in [6.45, 7) is 0. The smallest absolute Gasteiger partial charge is 0.354 e. The molecule has 6 nitrogen and oxygen atoms in total. The minimum absolute atomic E-state index is 0.0554. The number of carboxylic acid groups (broad SMARTS) is 1. The van der Waals surface area contributed by atoms with Gasteiger partial charge in [-0.05, 0) is 17.7 Å². The van der Waals surface area contributed by atoms with Crippen molar-refractivity contribution in [3.63, 3.8) is 0 Å². The first kappa shape index (κ1) is 15.3. The van der Waals surface area contributed by atoms with Gasteiger partial charge in [0.25, 0.3) is 0 Å². The lowest BCUT2D eigenvalue weighted by Gasteiger charge is -2.05. The van der Waals surface area contributed by atoms with E-state index in [2.05, 4.69) is 4.98 Å². The van der Waals surface area contributed by atoms with Gasteiger partial charge in [0.05, 0.1) is 4.92 Å². The molecule has 0 radical (unpaired) electrons. The van der Waals surface area contributed by atoms with E-state index in [0.717, 1.165) is 29.5 Å². The standard InChI is InChI=1S/C13H9ClN2O4S/c14-9-4-2-1-3-8(9)7-21-12-11(16(19)20)6-5-10(15-12)13(17)18/h1-6H,7H2,(H,17,18). The van der Waals surface area contributed by atoms with Crippen LogP contribution in [0, 0.1) is 10.1 Å². The van der Waals surface area contributed by atoms with Crippen molar-refractivity contribution in [2.45, 2.75) is 10.8 Å². The molecule has 1 heterocycles. The highest BCUT2D eigenvalue weighted by Gasteiger charge is 2.19. The van der Waals surface area contributed by atoms with Crippen molar-refractivity contribution in [2.24, 2.45) is 0 Å². The Labute approximate surface area is 128 Å². The van der Waals surface area contributed by atoms with Gasteiger partial charge in [-0.15, -0.1) is 0 Å². The van der Waals surface area contributed by atoms with Crippen molar-refractivity contribution in [1.82, 2.24) is 4.98 Å². The number of carboxylic acids is 1. The summed E-state index contributed by atoms with van der Waals surface area (Å²) in [6, 6.07) is 9.35. The zero-order valence-corrected chi connectivity index (χ0v) is 12.1. The van der Waals surface area contributed by atoms with E-state index < -0.39 is 10.9 Å². The SMILES string of the molecule is O=C(O)c1ccc([N+](=O)[O-])c(SCc2ccccc2Cl)n1. The van der Waals surface area contributed by atoms with Crippen LogP contribution in [-0.4, -0.2) is 21.0 Å². The van der Waals surface area contributed by atoms with E-state index in [1.165, 1.54) is 0 Å². The third-order valence-electron chi connectivity index (χ3n) is 2.58.